The molecule has 20 heavy (non-hydrogen) atoms. The molecule has 110 valence electrons. The molecular weight excluding hydrogens is 254 g/mol. The van der Waals surface area contributed by atoms with E-state index in [1.807, 2.05) is 6.92 Å². The number of anilines is 1. The third kappa shape index (κ3) is 3.44. The molecule has 2 unspecified atom stereocenters. The predicted octanol–water partition coefficient (Wildman–Crippen LogP) is 3.40. The highest BCUT2D eigenvalue weighted by Crippen LogP contribution is 2.30. The van der Waals surface area contributed by atoms with Gasteiger partial charge in [0.1, 0.15) is 11.7 Å². The molecule has 0 radical (unpaired) electrons. The second kappa shape index (κ2) is 6.64. The van der Waals surface area contributed by atoms with Crippen LogP contribution in [0.15, 0.2) is 18.2 Å². The van der Waals surface area contributed by atoms with Gasteiger partial charge in [0.05, 0.1) is 12.3 Å². The van der Waals surface area contributed by atoms with E-state index in [-0.39, 0.29) is 12.1 Å². The van der Waals surface area contributed by atoms with E-state index in [2.05, 4.69) is 6.92 Å². The summed E-state index contributed by atoms with van der Waals surface area (Å²) in [6.45, 7) is 4.53. The average molecular weight is 277 g/mol. The Morgan fingerprint density at radius 3 is 2.90 bits per heavy atom. The number of hydrogen-bond acceptors (Lipinski definition) is 4. The molecule has 0 aliphatic heterocycles. The molecular formula is C16H23NO3. The lowest BCUT2D eigenvalue weighted by atomic mass is 9.89. The zero-order valence-electron chi connectivity index (χ0n) is 12.2. The van der Waals surface area contributed by atoms with Crippen molar-refractivity contribution < 1.29 is 14.3 Å². The first-order valence-electron chi connectivity index (χ1n) is 7.34. The van der Waals surface area contributed by atoms with Crippen molar-refractivity contribution in [3.05, 3.63) is 23.8 Å². The first-order chi connectivity index (χ1) is 9.61. The molecule has 2 atom stereocenters. The fourth-order valence-electron chi connectivity index (χ4n) is 2.72. The van der Waals surface area contributed by atoms with Crippen LogP contribution in [0, 0.1) is 5.92 Å². The van der Waals surface area contributed by atoms with Gasteiger partial charge in [-0.15, -0.1) is 0 Å². The summed E-state index contributed by atoms with van der Waals surface area (Å²) in [7, 11) is 0. The van der Waals surface area contributed by atoms with E-state index >= 15 is 0 Å². The van der Waals surface area contributed by atoms with Crippen LogP contribution in [0.1, 0.15) is 49.9 Å². The van der Waals surface area contributed by atoms with E-state index in [0.29, 0.717) is 29.5 Å². The highest BCUT2D eigenvalue weighted by Gasteiger charge is 2.24. The van der Waals surface area contributed by atoms with E-state index < -0.39 is 0 Å². The third-order valence-electron chi connectivity index (χ3n) is 3.72. The first kappa shape index (κ1) is 14.7. The number of para-hydroxylation sites is 1. The zero-order valence-corrected chi connectivity index (χ0v) is 12.2. The monoisotopic (exact) mass is 277 g/mol. The fourth-order valence-corrected chi connectivity index (χ4v) is 2.72. The van der Waals surface area contributed by atoms with Crippen molar-refractivity contribution in [1.29, 1.82) is 0 Å². The Morgan fingerprint density at radius 2 is 2.20 bits per heavy atom. The summed E-state index contributed by atoms with van der Waals surface area (Å²) in [5, 5.41) is 0. The van der Waals surface area contributed by atoms with Crippen molar-refractivity contribution in [3.8, 4) is 5.75 Å². The van der Waals surface area contributed by atoms with Gasteiger partial charge in [-0.2, -0.15) is 0 Å². The van der Waals surface area contributed by atoms with Crippen molar-refractivity contribution in [2.75, 3.05) is 12.3 Å². The average Bonchev–Trinajstić information content (AvgIpc) is 2.41. The smallest absolute Gasteiger partial charge is 0.342 e. The van der Waals surface area contributed by atoms with Crippen LogP contribution in [-0.2, 0) is 4.74 Å². The van der Waals surface area contributed by atoms with Gasteiger partial charge < -0.3 is 15.2 Å². The predicted molar refractivity (Wildman–Crippen MR) is 78.9 cm³/mol. The largest absolute Gasteiger partial charge is 0.491 e. The maximum Gasteiger partial charge on any atom is 0.342 e. The molecule has 1 aromatic rings. The van der Waals surface area contributed by atoms with Gasteiger partial charge in [-0.3, -0.25) is 0 Å². The number of rotatable bonds is 4. The molecule has 1 saturated carbocycles. The molecule has 2 N–H and O–H groups in total. The molecule has 4 nitrogen and oxygen atoms in total. The van der Waals surface area contributed by atoms with E-state index in [9.17, 15) is 4.79 Å². The molecule has 1 aromatic carbocycles. The van der Waals surface area contributed by atoms with Gasteiger partial charge in [0.25, 0.3) is 0 Å². The summed E-state index contributed by atoms with van der Waals surface area (Å²) in [5.74, 6) is 0.720. The normalized spacial score (nSPS) is 22.3. The van der Waals surface area contributed by atoms with Crippen LogP contribution < -0.4 is 10.5 Å². The standard InChI is InChI=1S/C16H23NO3/c1-3-19-15-13(8-5-9-14(15)17)16(18)20-12-7-4-6-11(2)10-12/h5,8-9,11-12H,3-4,6-7,10,17H2,1-2H3. The van der Waals surface area contributed by atoms with Crippen molar-refractivity contribution in [2.24, 2.45) is 5.92 Å². The Morgan fingerprint density at radius 1 is 1.40 bits per heavy atom. The summed E-state index contributed by atoms with van der Waals surface area (Å²) >= 11 is 0. The van der Waals surface area contributed by atoms with Gasteiger partial charge in [0.2, 0.25) is 0 Å². The van der Waals surface area contributed by atoms with E-state index in [4.69, 9.17) is 15.2 Å². The minimum atomic E-state index is -0.333. The summed E-state index contributed by atoms with van der Waals surface area (Å²) in [5.41, 5.74) is 6.76. The van der Waals surface area contributed by atoms with Crippen LogP contribution in [0.2, 0.25) is 0 Å². The molecule has 0 amide bonds. The number of benzene rings is 1. The molecule has 0 bridgehead atoms. The third-order valence-corrected chi connectivity index (χ3v) is 3.72. The minimum absolute atomic E-state index is 0.0159. The van der Waals surface area contributed by atoms with Crippen molar-refractivity contribution in [2.45, 2.75) is 45.6 Å². The number of nitrogens with two attached hydrogens (primary N) is 1. The molecule has 0 heterocycles. The minimum Gasteiger partial charge on any atom is -0.491 e. The summed E-state index contributed by atoms with van der Waals surface area (Å²) in [4.78, 5) is 12.3. The van der Waals surface area contributed by atoms with Crippen LogP contribution >= 0.6 is 0 Å². The first-order valence-corrected chi connectivity index (χ1v) is 7.34. The molecule has 4 heteroatoms. The number of nitrogen functional groups attached to an aromatic ring is 1. The number of esters is 1. The Labute approximate surface area is 120 Å². The van der Waals surface area contributed by atoms with Gasteiger partial charge in [0.15, 0.2) is 5.75 Å². The summed E-state index contributed by atoms with van der Waals surface area (Å²) in [6.07, 6.45) is 4.24. The van der Waals surface area contributed by atoms with E-state index in [0.717, 1.165) is 19.3 Å². The lowest BCUT2D eigenvalue weighted by Gasteiger charge is -2.26. The topological polar surface area (TPSA) is 61.5 Å². The van der Waals surface area contributed by atoms with Crippen LogP contribution in [0.4, 0.5) is 5.69 Å². The Hall–Kier alpha value is -1.71. The molecule has 0 aromatic heterocycles. The lowest BCUT2D eigenvalue weighted by Crippen LogP contribution is -2.25. The Bertz CT molecular complexity index is 473. The molecule has 0 spiro atoms. The van der Waals surface area contributed by atoms with Crippen molar-refractivity contribution in [1.82, 2.24) is 0 Å². The number of hydrogen-bond donors (Lipinski definition) is 1. The zero-order chi connectivity index (χ0) is 14.5. The van der Waals surface area contributed by atoms with Gasteiger partial charge in [-0.25, -0.2) is 4.79 Å². The van der Waals surface area contributed by atoms with Crippen LogP contribution in [0.25, 0.3) is 0 Å². The molecule has 1 aliphatic carbocycles. The van der Waals surface area contributed by atoms with E-state index in [1.165, 1.54) is 6.42 Å². The molecule has 1 fully saturated rings. The molecule has 0 saturated heterocycles. The highest BCUT2D eigenvalue weighted by molar-refractivity contribution is 5.94. The number of ether oxygens (including phenoxy) is 2. The van der Waals surface area contributed by atoms with Gasteiger partial charge >= 0.3 is 5.97 Å². The summed E-state index contributed by atoms with van der Waals surface area (Å²) in [6, 6.07) is 5.18. The lowest BCUT2D eigenvalue weighted by molar-refractivity contribution is 0.0151. The van der Waals surface area contributed by atoms with Crippen molar-refractivity contribution >= 4 is 11.7 Å². The van der Waals surface area contributed by atoms with Gasteiger partial charge in [-0.05, 0) is 44.2 Å². The maximum atomic E-state index is 12.3. The second-order valence-electron chi connectivity index (χ2n) is 5.46. The second-order valence-corrected chi connectivity index (χ2v) is 5.46. The Balaban J connectivity index is 2.10. The SMILES string of the molecule is CCOc1c(N)cccc1C(=O)OC1CCCC(C)C1. The van der Waals surface area contributed by atoms with Crippen LogP contribution in [-0.4, -0.2) is 18.7 Å². The molecule has 1 aliphatic rings. The molecule has 2 rings (SSSR count). The maximum absolute atomic E-state index is 12.3. The summed E-state index contributed by atoms with van der Waals surface area (Å²) < 4.78 is 11.1. The van der Waals surface area contributed by atoms with E-state index in [1.54, 1.807) is 18.2 Å². The van der Waals surface area contributed by atoms with Crippen LogP contribution in [0.3, 0.4) is 0 Å². The van der Waals surface area contributed by atoms with Gasteiger partial charge in [0, 0.05) is 0 Å². The highest BCUT2D eigenvalue weighted by atomic mass is 16.5. The number of carbonyl (C=O) groups excluding carboxylic acids is 1. The van der Waals surface area contributed by atoms with Crippen molar-refractivity contribution in [3.63, 3.8) is 0 Å². The van der Waals surface area contributed by atoms with Crippen LogP contribution in [0.5, 0.6) is 5.75 Å². The number of carbonyl (C=O) groups is 1. The fraction of sp³-hybridized carbons (Fsp3) is 0.562. The Kier molecular flexibility index (Phi) is 4.88. The van der Waals surface area contributed by atoms with Gasteiger partial charge in [-0.1, -0.05) is 19.4 Å². The quantitative estimate of drug-likeness (QED) is 0.676.